The minimum atomic E-state index is -0.594. The molecule has 0 heterocycles. The lowest BCUT2D eigenvalue weighted by Crippen LogP contribution is -2.30. The second kappa shape index (κ2) is 7.52. The molecule has 0 fully saturated rings. The third kappa shape index (κ3) is 4.18. The standard InChI is InChI=1S/C19H14Cl3NO2/c1-11(19(24)25-18-16(21)9-14(20)10-17(18)22)23-15-7-6-12-4-2-3-5-13(12)8-15/h2-11,23H,1H3. The maximum Gasteiger partial charge on any atom is 0.333 e. The molecule has 1 atom stereocenters. The zero-order chi connectivity index (χ0) is 18.0. The van der Waals surface area contributed by atoms with Gasteiger partial charge in [-0.05, 0) is 42.0 Å². The van der Waals surface area contributed by atoms with E-state index in [4.69, 9.17) is 39.5 Å². The lowest BCUT2D eigenvalue weighted by Gasteiger charge is -2.16. The predicted octanol–water partition coefficient (Wildman–Crippen LogP) is 6.21. The van der Waals surface area contributed by atoms with Gasteiger partial charge in [0.15, 0.2) is 5.75 Å². The van der Waals surface area contributed by atoms with E-state index in [1.54, 1.807) is 6.92 Å². The average molecular weight is 395 g/mol. The van der Waals surface area contributed by atoms with Crippen LogP contribution in [0.1, 0.15) is 6.92 Å². The molecule has 128 valence electrons. The van der Waals surface area contributed by atoms with Gasteiger partial charge in [0.2, 0.25) is 0 Å². The van der Waals surface area contributed by atoms with E-state index in [0.717, 1.165) is 16.5 Å². The van der Waals surface area contributed by atoms with Crippen LogP contribution in [-0.4, -0.2) is 12.0 Å². The molecule has 3 aromatic rings. The summed E-state index contributed by atoms with van der Waals surface area (Å²) < 4.78 is 5.33. The number of fused-ring (bicyclic) bond motifs is 1. The lowest BCUT2D eigenvalue weighted by atomic mass is 10.1. The van der Waals surface area contributed by atoms with Gasteiger partial charge in [0.1, 0.15) is 6.04 Å². The number of halogens is 3. The third-order valence-corrected chi connectivity index (χ3v) is 4.43. The summed E-state index contributed by atoms with van der Waals surface area (Å²) in [7, 11) is 0. The van der Waals surface area contributed by atoms with Crippen molar-refractivity contribution in [3.8, 4) is 5.75 Å². The molecule has 3 rings (SSSR count). The van der Waals surface area contributed by atoms with Gasteiger partial charge in [0, 0.05) is 10.7 Å². The molecule has 0 aromatic heterocycles. The van der Waals surface area contributed by atoms with E-state index >= 15 is 0 Å². The van der Waals surface area contributed by atoms with Gasteiger partial charge in [-0.1, -0.05) is 65.1 Å². The summed E-state index contributed by atoms with van der Waals surface area (Å²) in [6.07, 6.45) is 0. The number of carbonyl (C=O) groups is 1. The first-order valence-corrected chi connectivity index (χ1v) is 8.69. The van der Waals surface area contributed by atoms with Crippen LogP contribution in [0, 0.1) is 0 Å². The van der Waals surface area contributed by atoms with Gasteiger partial charge in [-0.25, -0.2) is 4.79 Å². The fourth-order valence-electron chi connectivity index (χ4n) is 2.40. The van der Waals surface area contributed by atoms with Crippen molar-refractivity contribution in [2.45, 2.75) is 13.0 Å². The van der Waals surface area contributed by atoms with Crippen LogP contribution in [0.2, 0.25) is 15.1 Å². The van der Waals surface area contributed by atoms with Crippen molar-refractivity contribution in [1.82, 2.24) is 0 Å². The van der Waals surface area contributed by atoms with Crippen LogP contribution in [0.3, 0.4) is 0 Å². The molecule has 0 saturated heterocycles. The van der Waals surface area contributed by atoms with Gasteiger partial charge in [0.25, 0.3) is 0 Å². The summed E-state index contributed by atoms with van der Waals surface area (Å²) in [5.74, 6) is -0.399. The van der Waals surface area contributed by atoms with Gasteiger partial charge in [0.05, 0.1) is 10.0 Å². The van der Waals surface area contributed by atoms with Crippen molar-refractivity contribution in [2.75, 3.05) is 5.32 Å². The van der Waals surface area contributed by atoms with E-state index < -0.39 is 12.0 Å². The molecule has 6 heteroatoms. The molecular formula is C19H14Cl3NO2. The first-order chi connectivity index (χ1) is 11.9. The van der Waals surface area contributed by atoms with E-state index in [0.29, 0.717) is 5.02 Å². The molecule has 0 saturated carbocycles. The van der Waals surface area contributed by atoms with Crippen LogP contribution in [0.15, 0.2) is 54.6 Å². The SMILES string of the molecule is CC(Nc1ccc2ccccc2c1)C(=O)Oc1c(Cl)cc(Cl)cc1Cl. The average Bonchev–Trinajstić information content (AvgIpc) is 2.57. The number of hydrogen-bond donors (Lipinski definition) is 1. The smallest absolute Gasteiger partial charge is 0.333 e. The Morgan fingerprint density at radius 2 is 1.60 bits per heavy atom. The van der Waals surface area contributed by atoms with Gasteiger partial charge >= 0.3 is 5.97 Å². The molecule has 1 unspecified atom stereocenters. The highest BCUT2D eigenvalue weighted by Gasteiger charge is 2.19. The lowest BCUT2D eigenvalue weighted by molar-refractivity contribution is -0.134. The van der Waals surface area contributed by atoms with E-state index in [9.17, 15) is 4.79 Å². The third-order valence-electron chi connectivity index (χ3n) is 3.65. The second-order valence-corrected chi connectivity index (χ2v) is 6.80. The van der Waals surface area contributed by atoms with Gasteiger partial charge < -0.3 is 10.1 Å². The molecule has 0 bridgehead atoms. The number of hydrogen-bond acceptors (Lipinski definition) is 3. The minimum absolute atomic E-state index is 0.102. The Morgan fingerprint density at radius 1 is 0.960 bits per heavy atom. The molecule has 3 aromatic carbocycles. The number of esters is 1. The fourth-order valence-corrected chi connectivity index (χ4v) is 3.30. The molecular weight excluding hydrogens is 381 g/mol. The molecule has 1 N–H and O–H groups in total. The summed E-state index contributed by atoms with van der Waals surface area (Å²) >= 11 is 17.9. The molecule has 0 aliphatic carbocycles. The van der Waals surface area contributed by atoms with Crippen molar-refractivity contribution in [1.29, 1.82) is 0 Å². The molecule has 0 radical (unpaired) electrons. The monoisotopic (exact) mass is 393 g/mol. The predicted molar refractivity (Wildman–Crippen MR) is 104 cm³/mol. The van der Waals surface area contributed by atoms with Crippen LogP contribution in [-0.2, 0) is 4.79 Å². The highest BCUT2D eigenvalue weighted by Crippen LogP contribution is 2.36. The summed E-state index contributed by atoms with van der Waals surface area (Å²) in [6.45, 7) is 1.70. The van der Waals surface area contributed by atoms with Crippen LogP contribution >= 0.6 is 34.8 Å². The quantitative estimate of drug-likeness (QED) is 0.422. The summed E-state index contributed by atoms with van der Waals surface area (Å²) in [5.41, 5.74) is 0.816. The minimum Gasteiger partial charge on any atom is -0.422 e. The van der Waals surface area contributed by atoms with Gasteiger partial charge in [-0.2, -0.15) is 0 Å². The van der Waals surface area contributed by atoms with Gasteiger partial charge in [-0.3, -0.25) is 0 Å². The van der Waals surface area contributed by atoms with Crippen LogP contribution in [0.4, 0.5) is 5.69 Å². The zero-order valence-corrected chi connectivity index (χ0v) is 15.5. The van der Waals surface area contributed by atoms with Crippen LogP contribution in [0.25, 0.3) is 10.8 Å². The number of carbonyl (C=O) groups excluding carboxylic acids is 1. The van der Waals surface area contributed by atoms with Crippen molar-refractivity contribution < 1.29 is 9.53 Å². The fraction of sp³-hybridized carbons (Fsp3) is 0.105. The Kier molecular flexibility index (Phi) is 5.38. The Balaban J connectivity index is 1.74. The zero-order valence-electron chi connectivity index (χ0n) is 13.2. The van der Waals surface area contributed by atoms with E-state index in [-0.39, 0.29) is 15.8 Å². The van der Waals surface area contributed by atoms with Crippen molar-refractivity contribution in [2.24, 2.45) is 0 Å². The number of ether oxygens (including phenoxy) is 1. The molecule has 3 nitrogen and oxygen atoms in total. The van der Waals surface area contributed by atoms with Crippen molar-refractivity contribution in [3.05, 3.63) is 69.7 Å². The molecule has 0 amide bonds. The Labute approximate surface area is 160 Å². The first kappa shape index (κ1) is 17.9. The normalized spacial score (nSPS) is 12.0. The van der Waals surface area contributed by atoms with Gasteiger partial charge in [-0.15, -0.1) is 0 Å². The molecule has 0 spiro atoms. The molecule has 0 aliphatic rings. The Bertz CT molecular complexity index is 920. The largest absolute Gasteiger partial charge is 0.422 e. The Hall–Kier alpha value is -1.94. The number of nitrogens with one attached hydrogen (secondary N) is 1. The van der Waals surface area contributed by atoms with E-state index in [2.05, 4.69) is 5.32 Å². The molecule has 25 heavy (non-hydrogen) atoms. The second-order valence-electron chi connectivity index (χ2n) is 5.55. The van der Waals surface area contributed by atoms with Crippen LogP contribution < -0.4 is 10.1 Å². The van der Waals surface area contributed by atoms with E-state index in [1.165, 1.54) is 12.1 Å². The first-order valence-electron chi connectivity index (χ1n) is 7.55. The van der Waals surface area contributed by atoms with E-state index in [1.807, 2.05) is 42.5 Å². The number of anilines is 1. The number of benzene rings is 3. The molecule has 0 aliphatic heterocycles. The van der Waals surface area contributed by atoms with Crippen molar-refractivity contribution >= 4 is 57.2 Å². The highest BCUT2D eigenvalue weighted by molar-refractivity contribution is 6.40. The van der Waals surface area contributed by atoms with Crippen molar-refractivity contribution in [3.63, 3.8) is 0 Å². The van der Waals surface area contributed by atoms with Crippen LogP contribution in [0.5, 0.6) is 5.75 Å². The number of rotatable bonds is 4. The summed E-state index contributed by atoms with van der Waals surface area (Å²) in [4.78, 5) is 12.3. The summed E-state index contributed by atoms with van der Waals surface area (Å²) in [6, 6.07) is 16.2. The topological polar surface area (TPSA) is 38.3 Å². The highest BCUT2D eigenvalue weighted by atomic mass is 35.5. The maximum atomic E-state index is 12.3. The maximum absolute atomic E-state index is 12.3. The summed E-state index contributed by atoms with van der Waals surface area (Å²) in [5, 5.41) is 6.07. The Morgan fingerprint density at radius 3 is 2.28 bits per heavy atom.